The first-order valence-electron chi connectivity index (χ1n) is 7.05. The van der Waals surface area contributed by atoms with E-state index in [1.54, 1.807) is 13.0 Å². The number of fused-ring (bicyclic) bond motifs is 1. The molecule has 0 bridgehead atoms. The molecule has 0 saturated heterocycles. The first-order valence-corrected chi connectivity index (χ1v) is 7.05. The zero-order valence-electron chi connectivity index (χ0n) is 12.7. The standard InChI is InChI=1S/C17H20FNO2/c1-5-7-17(4)8-6-12-10(2)13(18)9-14(19-11(3)20)15(12)16(17)21/h5,9H,1,6-8H2,2-4H3,(H,19,20). The van der Waals surface area contributed by atoms with Gasteiger partial charge in [0.25, 0.3) is 0 Å². The molecule has 1 unspecified atom stereocenters. The van der Waals surface area contributed by atoms with Crippen LogP contribution >= 0.6 is 0 Å². The molecule has 0 aliphatic heterocycles. The summed E-state index contributed by atoms with van der Waals surface area (Å²) >= 11 is 0. The molecule has 1 N–H and O–H groups in total. The van der Waals surface area contributed by atoms with Crippen LogP contribution in [0.5, 0.6) is 0 Å². The molecule has 4 heteroatoms. The van der Waals surface area contributed by atoms with E-state index in [2.05, 4.69) is 11.9 Å². The highest BCUT2D eigenvalue weighted by molar-refractivity contribution is 6.09. The van der Waals surface area contributed by atoms with Crippen molar-refractivity contribution in [3.63, 3.8) is 0 Å². The molecule has 0 aromatic heterocycles. The summed E-state index contributed by atoms with van der Waals surface area (Å²) in [5.74, 6) is -0.752. The summed E-state index contributed by atoms with van der Waals surface area (Å²) in [7, 11) is 0. The number of carbonyl (C=O) groups is 2. The number of hydrogen-bond donors (Lipinski definition) is 1. The first-order chi connectivity index (χ1) is 9.80. The molecule has 0 spiro atoms. The predicted molar refractivity (Wildman–Crippen MR) is 81.0 cm³/mol. The molecule has 0 heterocycles. The van der Waals surface area contributed by atoms with Crippen LogP contribution in [0.3, 0.4) is 0 Å². The zero-order valence-corrected chi connectivity index (χ0v) is 12.7. The molecule has 0 saturated carbocycles. The van der Waals surface area contributed by atoms with Crippen molar-refractivity contribution in [2.75, 3.05) is 5.32 Å². The van der Waals surface area contributed by atoms with Gasteiger partial charge in [0.15, 0.2) is 5.78 Å². The molecule has 1 aromatic carbocycles. The minimum Gasteiger partial charge on any atom is -0.326 e. The van der Waals surface area contributed by atoms with Gasteiger partial charge in [-0.3, -0.25) is 9.59 Å². The normalized spacial score (nSPS) is 20.9. The second-order valence-electron chi connectivity index (χ2n) is 5.95. The van der Waals surface area contributed by atoms with Crippen molar-refractivity contribution >= 4 is 17.4 Å². The molecule has 112 valence electrons. The zero-order chi connectivity index (χ0) is 15.8. The van der Waals surface area contributed by atoms with E-state index in [9.17, 15) is 14.0 Å². The lowest BCUT2D eigenvalue weighted by molar-refractivity contribution is -0.114. The van der Waals surface area contributed by atoms with Gasteiger partial charge in [-0.15, -0.1) is 6.58 Å². The Bertz CT molecular complexity index is 636. The maximum absolute atomic E-state index is 14.0. The van der Waals surface area contributed by atoms with E-state index in [1.165, 1.54) is 13.0 Å². The number of amides is 1. The van der Waals surface area contributed by atoms with Gasteiger partial charge in [-0.05, 0) is 43.4 Å². The monoisotopic (exact) mass is 289 g/mol. The van der Waals surface area contributed by atoms with E-state index in [0.717, 1.165) is 0 Å². The van der Waals surface area contributed by atoms with E-state index >= 15 is 0 Å². The molecule has 1 aliphatic carbocycles. The number of benzene rings is 1. The lowest BCUT2D eigenvalue weighted by atomic mass is 9.68. The molecular formula is C17H20FNO2. The van der Waals surface area contributed by atoms with Crippen LogP contribution in [0.1, 0.15) is 48.2 Å². The number of rotatable bonds is 3. The lowest BCUT2D eigenvalue weighted by Crippen LogP contribution is -2.34. The van der Waals surface area contributed by atoms with Crippen LogP contribution in [0.15, 0.2) is 18.7 Å². The molecule has 0 fully saturated rings. The van der Waals surface area contributed by atoms with Crippen LogP contribution < -0.4 is 5.32 Å². The lowest BCUT2D eigenvalue weighted by Gasteiger charge is -2.34. The molecule has 1 aliphatic rings. The van der Waals surface area contributed by atoms with Crippen molar-refractivity contribution in [1.82, 2.24) is 0 Å². The van der Waals surface area contributed by atoms with Gasteiger partial charge in [0.2, 0.25) is 5.91 Å². The largest absolute Gasteiger partial charge is 0.326 e. The van der Waals surface area contributed by atoms with Crippen molar-refractivity contribution in [2.24, 2.45) is 5.41 Å². The predicted octanol–water partition coefficient (Wildman–Crippen LogP) is 3.80. The van der Waals surface area contributed by atoms with Gasteiger partial charge >= 0.3 is 0 Å². The van der Waals surface area contributed by atoms with E-state index in [0.29, 0.717) is 36.0 Å². The third-order valence-corrected chi connectivity index (χ3v) is 4.26. The van der Waals surface area contributed by atoms with Crippen LogP contribution in [0.25, 0.3) is 0 Å². The molecule has 1 amide bonds. The fourth-order valence-corrected chi connectivity index (χ4v) is 2.99. The summed E-state index contributed by atoms with van der Waals surface area (Å²) in [5, 5.41) is 2.59. The highest BCUT2D eigenvalue weighted by Gasteiger charge is 2.40. The van der Waals surface area contributed by atoms with E-state index in [-0.39, 0.29) is 17.4 Å². The van der Waals surface area contributed by atoms with Crippen molar-refractivity contribution in [2.45, 2.75) is 40.0 Å². The Hall–Kier alpha value is -1.97. The van der Waals surface area contributed by atoms with E-state index < -0.39 is 11.2 Å². The minimum atomic E-state index is -0.535. The summed E-state index contributed by atoms with van der Waals surface area (Å²) in [4.78, 5) is 24.2. The Morgan fingerprint density at radius 2 is 2.24 bits per heavy atom. The molecule has 2 rings (SSSR count). The summed E-state index contributed by atoms with van der Waals surface area (Å²) in [6, 6.07) is 1.24. The van der Waals surface area contributed by atoms with Gasteiger partial charge in [-0.25, -0.2) is 4.39 Å². The second kappa shape index (κ2) is 5.43. The highest BCUT2D eigenvalue weighted by Crippen LogP contribution is 2.42. The van der Waals surface area contributed by atoms with Crippen LogP contribution in [0.4, 0.5) is 10.1 Å². The Balaban J connectivity index is 2.63. The maximum atomic E-state index is 14.0. The highest BCUT2D eigenvalue weighted by atomic mass is 19.1. The summed E-state index contributed by atoms with van der Waals surface area (Å²) in [6.07, 6.45) is 3.59. The third kappa shape index (κ3) is 2.62. The molecule has 3 nitrogen and oxygen atoms in total. The Morgan fingerprint density at radius 1 is 1.57 bits per heavy atom. The SMILES string of the molecule is C=CCC1(C)CCc2c(C)c(F)cc(NC(C)=O)c2C1=O. The summed E-state index contributed by atoms with van der Waals surface area (Å²) < 4.78 is 14.0. The van der Waals surface area contributed by atoms with Gasteiger partial charge in [0.05, 0.1) is 5.69 Å². The van der Waals surface area contributed by atoms with E-state index in [1.807, 2.05) is 6.92 Å². The number of ketones is 1. The van der Waals surface area contributed by atoms with Gasteiger partial charge in [-0.1, -0.05) is 13.0 Å². The molecule has 0 radical (unpaired) electrons. The van der Waals surface area contributed by atoms with Crippen molar-refractivity contribution < 1.29 is 14.0 Å². The van der Waals surface area contributed by atoms with Crippen LogP contribution in [-0.2, 0) is 11.2 Å². The number of halogens is 1. The fourth-order valence-electron chi connectivity index (χ4n) is 2.99. The topological polar surface area (TPSA) is 46.2 Å². The molecule has 1 aromatic rings. The average molecular weight is 289 g/mol. The van der Waals surface area contributed by atoms with Gasteiger partial charge < -0.3 is 5.32 Å². The molecule has 1 atom stereocenters. The number of carbonyl (C=O) groups excluding carboxylic acids is 2. The Morgan fingerprint density at radius 3 is 2.81 bits per heavy atom. The number of anilines is 1. The first kappa shape index (κ1) is 15.4. The smallest absolute Gasteiger partial charge is 0.221 e. The number of nitrogens with one attached hydrogen (secondary N) is 1. The van der Waals surface area contributed by atoms with E-state index in [4.69, 9.17) is 0 Å². The van der Waals surface area contributed by atoms with Crippen LogP contribution in [0.2, 0.25) is 0 Å². The van der Waals surface area contributed by atoms with Crippen LogP contribution in [0, 0.1) is 18.2 Å². The average Bonchev–Trinajstić information content (AvgIpc) is 2.39. The number of allylic oxidation sites excluding steroid dienone is 1. The molecular weight excluding hydrogens is 269 g/mol. The van der Waals surface area contributed by atoms with Gasteiger partial charge in [0.1, 0.15) is 5.82 Å². The Kier molecular flexibility index (Phi) is 3.99. The summed E-state index contributed by atoms with van der Waals surface area (Å²) in [5.41, 5.74) is 1.41. The van der Waals surface area contributed by atoms with Gasteiger partial charge in [-0.2, -0.15) is 0 Å². The Labute approximate surface area is 124 Å². The quantitative estimate of drug-likeness (QED) is 0.860. The van der Waals surface area contributed by atoms with Gasteiger partial charge in [0, 0.05) is 17.9 Å². The fraction of sp³-hybridized carbons (Fsp3) is 0.412. The minimum absolute atomic E-state index is 0.0458. The second-order valence-corrected chi connectivity index (χ2v) is 5.95. The van der Waals surface area contributed by atoms with Crippen molar-refractivity contribution in [3.8, 4) is 0 Å². The number of Topliss-reactive ketones (excluding diaryl/α,β-unsaturated/α-hetero) is 1. The molecule has 21 heavy (non-hydrogen) atoms. The van der Waals surface area contributed by atoms with Crippen LogP contribution in [-0.4, -0.2) is 11.7 Å². The van der Waals surface area contributed by atoms with Crippen molar-refractivity contribution in [3.05, 3.63) is 41.2 Å². The number of hydrogen-bond acceptors (Lipinski definition) is 2. The maximum Gasteiger partial charge on any atom is 0.221 e. The summed E-state index contributed by atoms with van der Waals surface area (Å²) in [6.45, 7) is 8.63. The van der Waals surface area contributed by atoms with Crippen molar-refractivity contribution in [1.29, 1.82) is 0 Å². The third-order valence-electron chi connectivity index (χ3n) is 4.26.